The number of fused-ring (bicyclic) bond motifs is 1. The number of nitrogens with one attached hydrogen (secondary N) is 2. The molecule has 2 aliphatic heterocycles. The lowest BCUT2D eigenvalue weighted by Gasteiger charge is -2.36. The van der Waals surface area contributed by atoms with Crippen LogP contribution in [-0.2, 0) is 0 Å². The predicted octanol–water partition coefficient (Wildman–Crippen LogP) is 2.60. The number of H-pyrrole nitrogens is 1. The van der Waals surface area contributed by atoms with Gasteiger partial charge in [-0.3, -0.25) is 4.57 Å². The van der Waals surface area contributed by atoms with E-state index in [1.54, 1.807) is 0 Å². The molecule has 1 unspecified atom stereocenters. The minimum atomic E-state index is 0.0442. The maximum atomic E-state index is 12.4. The number of rotatable bonds is 4. The third-order valence-corrected chi connectivity index (χ3v) is 6.28. The van der Waals surface area contributed by atoms with Crippen LogP contribution in [0.3, 0.4) is 0 Å². The van der Waals surface area contributed by atoms with Crippen molar-refractivity contribution in [3.63, 3.8) is 0 Å². The normalized spacial score (nSPS) is 22.4. The number of para-hydroxylation sites is 2. The molecule has 0 saturated carbocycles. The number of nitrogens with zero attached hydrogens (tertiary/aromatic N) is 2. The van der Waals surface area contributed by atoms with Crippen LogP contribution in [0.5, 0.6) is 0 Å². The summed E-state index contributed by atoms with van der Waals surface area (Å²) in [5.41, 5.74) is 2.05. The van der Waals surface area contributed by atoms with Gasteiger partial charge in [0.15, 0.2) is 0 Å². The monoisotopic (exact) mass is 342 g/mol. The van der Waals surface area contributed by atoms with Gasteiger partial charge in [0, 0.05) is 25.7 Å². The summed E-state index contributed by atoms with van der Waals surface area (Å²) in [5, 5.41) is 3.47. The quantitative estimate of drug-likeness (QED) is 0.898. The molecule has 0 aliphatic carbocycles. The van der Waals surface area contributed by atoms with Gasteiger partial charge >= 0.3 is 5.69 Å². The number of aromatic nitrogens is 2. The number of imidazole rings is 1. The molecule has 1 aromatic carbocycles. The van der Waals surface area contributed by atoms with E-state index in [-0.39, 0.29) is 5.69 Å². The molecule has 0 radical (unpaired) electrons. The lowest BCUT2D eigenvalue weighted by molar-refractivity contribution is 0.137. The van der Waals surface area contributed by atoms with Crippen LogP contribution in [0.15, 0.2) is 29.1 Å². The van der Waals surface area contributed by atoms with E-state index >= 15 is 0 Å². The summed E-state index contributed by atoms with van der Waals surface area (Å²) in [5.74, 6) is 1.64. The van der Waals surface area contributed by atoms with Gasteiger partial charge in [-0.05, 0) is 62.7 Å². The molecule has 2 aromatic rings. The smallest absolute Gasteiger partial charge is 0.317 e. The predicted molar refractivity (Wildman–Crippen MR) is 102 cm³/mol. The first-order chi connectivity index (χ1) is 12.2. The number of aromatic amines is 1. The molecule has 3 heterocycles. The van der Waals surface area contributed by atoms with Gasteiger partial charge in [-0.15, -0.1) is 0 Å². The standard InChI is InChI=1S/C20H30N4O/c1-15(16-6-10-21-11-7-16)14-23-12-8-17(9-13-23)24-19-5-3-2-4-18(19)22-20(24)25/h2-5,15-17,21H,6-14H2,1H3,(H,22,25). The lowest BCUT2D eigenvalue weighted by atomic mass is 9.85. The van der Waals surface area contributed by atoms with Crippen molar-refractivity contribution in [2.24, 2.45) is 11.8 Å². The molecule has 2 N–H and O–H groups in total. The highest BCUT2D eigenvalue weighted by Crippen LogP contribution is 2.27. The van der Waals surface area contributed by atoms with Crippen molar-refractivity contribution in [1.29, 1.82) is 0 Å². The van der Waals surface area contributed by atoms with Crippen LogP contribution in [0.25, 0.3) is 11.0 Å². The maximum Gasteiger partial charge on any atom is 0.326 e. The summed E-state index contributed by atoms with van der Waals surface area (Å²) >= 11 is 0. The van der Waals surface area contributed by atoms with E-state index in [2.05, 4.69) is 28.2 Å². The molecule has 2 saturated heterocycles. The zero-order valence-corrected chi connectivity index (χ0v) is 15.2. The van der Waals surface area contributed by atoms with Crippen molar-refractivity contribution in [1.82, 2.24) is 19.8 Å². The Bertz CT molecular complexity index is 750. The number of hydrogen-bond acceptors (Lipinski definition) is 3. The van der Waals surface area contributed by atoms with Crippen molar-refractivity contribution in [3.8, 4) is 0 Å². The Kier molecular flexibility index (Phi) is 4.95. The van der Waals surface area contributed by atoms with Gasteiger partial charge < -0.3 is 15.2 Å². The van der Waals surface area contributed by atoms with E-state index in [4.69, 9.17) is 0 Å². The van der Waals surface area contributed by atoms with E-state index in [1.807, 2.05) is 22.8 Å². The Hall–Kier alpha value is -1.59. The first-order valence-electron chi connectivity index (χ1n) is 9.84. The Labute approximate surface area is 149 Å². The molecule has 25 heavy (non-hydrogen) atoms. The number of hydrogen-bond donors (Lipinski definition) is 2. The van der Waals surface area contributed by atoms with Gasteiger partial charge in [0.1, 0.15) is 0 Å². The first-order valence-corrected chi connectivity index (χ1v) is 9.84. The van der Waals surface area contributed by atoms with Crippen LogP contribution in [0.1, 0.15) is 38.6 Å². The first kappa shape index (κ1) is 16.9. The summed E-state index contributed by atoms with van der Waals surface area (Å²) in [6.45, 7) is 8.20. The zero-order chi connectivity index (χ0) is 17.2. The van der Waals surface area contributed by atoms with Crippen LogP contribution in [0.2, 0.25) is 0 Å². The second-order valence-corrected chi connectivity index (χ2v) is 7.91. The average Bonchev–Trinajstić information content (AvgIpc) is 2.99. The summed E-state index contributed by atoms with van der Waals surface area (Å²) in [7, 11) is 0. The minimum absolute atomic E-state index is 0.0442. The van der Waals surface area contributed by atoms with E-state index in [1.165, 1.54) is 32.5 Å². The highest BCUT2D eigenvalue weighted by Gasteiger charge is 2.26. The Morgan fingerprint density at radius 2 is 1.84 bits per heavy atom. The van der Waals surface area contributed by atoms with Crippen molar-refractivity contribution in [2.75, 3.05) is 32.7 Å². The molecule has 0 amide bonds. The molecule has 1 atom stereocenters. The summed E-state index contributed by atoms with van der Waals surface area (Å²) < 4.78 is 1.99. The zero-order valence-electron chi connectivity index (χ0n) is 15.2. The van der Waals surface area contributed by atoms with Gasteiger partial charge in [-0.2, -0.15) is 0 Å². The maximum absolute atomic E-state index is 12.4. The van der Waals surface area contributed by atoms with Gasteiger partial charge in [0.2, 0.25) is 0 Å². The second-order valence-electron chi connectivity index (χ2n) is 7.91. The third-order valence-electron chi connectivity index (χ3n) is 6.28. The van der Waals surface area contributed by atoms with Crippen molar-refractivity contribution < 1.29 is 0 Å². The van der Waals surface area contributed by atoms with E-state index in [9.17, 15) is 4.79 Å². The molecule has 5 heteroatoms. The second kappa shape index (κ2) is 7.34. The van der Waals surface area contributed by atoms with E-state index in [0.717, 1.165) is 48.8 Å². The molecule has 1 aromatic heterocycles. The largest absolute Gasteiger partial charge is 0.326 e. The molecule has 2 aliphatic rings. The van der Waals surface area contributed by atoms with Crippen LogP contribution < -0.4 is 11.0 Å². The van der Waals surface area contributed by atoms with Crippen LogP contribution in [0, 0.1) is 11.8 Å². The molecule has 2 fully saturated rings. The lowest BCUT2D eigenvalue weighted by Crippen LogP contribution is -2.41. The van der Waals surface area contributed by atoms with Crippen LogP contribution >= 0.6 is 0 Å². The van der Waals surface area contributed by atoms with Gasteiger partial charge in [-0.25, -0.2) is 4.79 Å². The van der Waals surface area contributed by atoms with E-state index < -0.39 is 0 Å². The summed E-state index contributed by atoms with van der Waals surface area (Å²) in [6.07, 6.45) is 4.78. The van der Waals surface area contributed by atoms with Crippen molar-refractivity contribution in [3.05, 3.63) is 34.7 Å². The summed E-state index contributed by atoms with van der Waals surface area (Å²) in [4.78, 5) is 18.0. The molecule has 0 spiro atoms. The van der Waals surface area contributed by atoms with Gasteiger partial charge in [0.25, 0.3) is 0 Å². The Morgan fingerprint density at radius 3 is 2.60 bits per heavy atom. The van der Waals surface area contributed by atoms with Gasteiger partial charge in [-0.1, -0.05) is 19.1 Å². The van der Waals surface area contributed by atoms with Crippen LogP contribution in [-0.4, -0.2) is 47.2 Å². The molecular weight excluding hydrogens is 312 g/mol. The fourth-order valence-corrected chi connectivity index (χ4v) is 4.77. The number of piperidine rings is 2. The van der Waals surface area contributed by atoms with Crippen LogP contribution in [0.4, 0.5) is 0 Å². The van der Waals surface area contributed by atoms with E-state index in [0.29, 0.717) is 6.04 Å². The molecule has 4 rings (SSSR count). The van der Waals surface area contributed by atoms with Crippen molar-refractivity contribution >= 4 is 11.0 Å². The number of benzene rings is 1. The Morgan fingerprint density at radius 1 is 1.12 bits per heavy atom. The van der Waals surface area contributed by atoms with Gasteiger partial charge in [0.05, 0.1) is 11.0 Å². The molecule has 5 nitrogen and oxygen atoms in total. The highest BCUT2D eigenvalue weighted by molar-refractivity contribution is 5.75. The molecule has 136 valence electrons. The summed E-state index contributed by atoms with van der Waals surface area (Å²) in [6, 6.07) is 8.37. The third kappa shape index (κ3) is 3.53. The topological polar surface area (TPSA) is 53.1 Å². The fraction of sp³-hybridized carbons (Fsp3) is 0.650. The van der Waals surface area contributed by atoms with Crippen molar-refractivity contribution in [2.45, 2.75) is 38.6 Å². The number of likely N-dealkylation sites (tertiary alicyclic amines) is 1. The highest BCUT2D eigenvalue weighted by atomic mass is 16.1. The average molecular weight is 342 g/mol. The Balaban J connectivity index is 1.38. The minimum Gasteiger partial charge on any atom is -0.317 e. The fourth-order valence-electron chi connectivity index (χ4n) is 4.77. The molecular formula is C20H30N4O. The SMILES string of the molecule is CC(CN1CCC(n2c(=O)[nH]c3ccccc32)CC1)C1CCNCC1. The molecule has 0 bridgehead atoms.